The lowest BCUT2D eigenvalue weighted by atomic mass is 9.92. The number of aliphatic carboxylic acids is 1. The fraction of sp³-hybridized carbons (Fsp3) is 0.407. The van der Waals surface area contributed by atoms with Gasteiger partial charge in [-0.3, -0.25) is 19.3 Å². The number of carboxylic acid groups (broad SMARTS) is 1. The Bertz CT molecular complexity index is 1130. The number of anilines is 1. The number of para-hydroxylation sites is 1. The topological polar surface area (TPSA) is 116 Å². The molecular weight excluding hydrogens is 446 g/mol. The zero-order valence-electron chi connectivity index (χ0n) is 20.0. The molecule has 0 fully saturated rings. The lowest BCUT2D eigenvalue weighted by Crippen LogP contribution is -2.57. The number of carboxylic acids is 1. The highest BCUT2D eigenvalue weighted by atomic mass is 16.4. The minimum atomic E-state index is -1.07. The quantitative estimate of drug-likeness (QED) is 0.541. The van der Waals surface area contributed by atoms with Crippen LogP contribution in [0.2, 0.25) is 0 Å². The number of carbonyl (C=O) groups excluding carboxylic acids is 3. The molecule has 184 valence electrons. The molecule has 3 N–H and O–H groups in total. The van der Waals surface area contributed by atoms with Crippen molar-refractivity contribution < 1.29 is 24.3 Å². The van der Waals surface area contributed by atoms with E-state index in [-0.39, 0.29) is 18.2 Å². The van der Waals surface area contributed by atoms with Crippen LogP contribution in [-0.4, -0.2) is 46.9 Å². The molecule has 2 aromatic rings. The SMILES string of the molecule is CCC(CC)[C@H](NC(=O)c1ccccc1)C(=O)N[C@H]1CCc2cccc3c2N(C1=O)[C@H](C(=O)O)C3. The molecule has 3 atom stereocenters. The number of amides is 3. The number of aryl methyl sites for hydroxylation is 1. The van der Waals surface area contributed by atoms with Crippen molar-refractivity contribution in [3.05, 3.63) is 65.2 Å². The average Bonchev–Trinajstić information content (AvgIpc) is 3.21. The Hall–Kier alpha value is -3.68. The van der Waals surface area contributed by atoms with Gasteiger partial charge < -0.3 is 15.7 Å². The lowest BCUT2D eigenvalue weighted by molar-refractivity contribution is -0.140. The lowest BCUT2D eigenvalue weighted by Gasteiger charge is -2.29. The summed E-state index contributed by atoms with van der Waals surface area (Å²) >= 11 is 0. The summed E-state index contributed by atoms with van der Waals surface area (Å²) in [4.78, 5) is 53.2. The van der Waals surface area contributed by atoms with E-state index in [0.717, 1.165) is 11.1 Å². The van der Waals surface area contributed by atoms with E-state index >= 15 is 0 Å². The Morgan fingerprint density at radius 2 is 1.71 bits per heavy atom. The maximum Gasteiger partial charge on any atom is 0.327 e. The van der Waals surface area contributed by atoms with Crippen molar-refractivity contribution in [2.45, 2.75) is 64.1 Å². The molecule has 3 amide bonds. The van der Waals surface area contributed by atoms with Crippen LogP contribution in [-0.2, 0) is 27.2 Å². The second-order valence-corrected chi connectivity index (χ2v) is 9.18. The number of rotatable bonds is 8. The van der Waals surface area contributed by atoms with Gasteiger partial charge in [0.1, 0.15) is 18.1 Å². The maximum atomic E-state index is 13.6. The molecule has 0 bridgehead atoms. The third-order valence-electron chi connectivity index (χ3n) is 7.13. The van der Waals surface area contributed by atoms with E-state index in [4.69, 9.17) is 0 Å². The number of nitrogens with one attached hydrogen (secondary N) is 2. The summed E-state index contributed by atoms with van der Waals surface area (Å²) in [6.07, 6.45) is 2.48. The van der Waals surface area contributed by atoms with E-state index in [2.05, 4.69) is 10.6 Å². The van der Waals surface area contributed by atoms with Gasteiger partial charge in [0.2, 0.25) is 11.8 Å². The summed E-state index contributed by atoms with van der Waals surface area (Å²) in [6, 6.07) is 11.6. The number of nitrogens with zero attached hydrogens (tertiary/aromatic N) is 1. The molecule has 0 radical (unpaired) electrons. The normalized spacial score (nSPS) is 19.6. The second kappa shape index (κ2) is 10.3. The van der Waals surface area contributed by atoms with Crippen molar-refractivity contribution in [1.82, 2.24) is 10.6 Å². The first-order chi connectivity index (χ1) is 16.8. The van der Waals surface area contributed by atoms with Gasteiger partial charge in [0.05, 0.1) is 5.69 Å². The molecular formula is C27H31N3O5. The molecule has 0 aliphatic carbocycles. The van der Waals surface area contributed by atoms with E-state index in [1.54, 1.807) is 24.3 Å². The molecule has 0 saturated heterocycles. The highest BCUT2D eigenvalue weighted by molar-refractivity contribution is 6.07. The predicted octanol–water partition coefficient (Wildman–Crippen LogP) is 2.69. The van der Waals surface area contributed by atoms with E-state index in [9.17, 15) is 24.3 Å². The first-order valence-corrected chi connectivity index (χ1v) is 12.2. The fourth-order valence-corrected chi connectivity index (χ4v) is 5.20. The van der Waals surface area contributed by atoms with Crippen LogP contribution in [0.5, 0.6) is 0 Å². The van der Waals surface area contributed by atoms with Gasteiger partial charge in [-0.2, -0.15) is 0 Å². The van der Waals surface area contributed by atoms with Gasteiger partial charge in [-0.1, -0.05) is 63.1 Å². The smallest absolute Gasteiger partial charge is 0.327 e. The molecule has 4 rings (SSSR count). The summed E-state index contributed by atoms with van der Waals surface area (Å²) in [5.74, 6) is -2.40. The van der Waals surface area contributed by atoms with E-state index < -0.39 is 35.9 Å². The monoisotopic (exact) mass is 477 g/mol. The van der Waals surface area contributed by atoms with Gasteiger partial charge in [-0.25, -0.2) is 4.79 Å². The summed E-state index contributed by atoms with van der Waals surface area (Å²) in [5.41, 5.74) is 2.85. The Balaban J connectivity index is 1.57. The van der Waals surface area contributed by atoms with Crippen LogP contribution in [0.3, 0.4) is 0 Å². The van der Waals surface area contributed by atoms with Crippen molar-refractivity contribution in [1.29, 1.82) is 0 Å². The maximum absolute atomic E-state index is 13.6. The molecule has 35 heavy (non-hydrogen) atoms. The highest BCUT2D eigenvalue weighted by Gasteiger charge is 2.44. The molecule has 0 aromatic heterocycles. The summed E-state index contributed by atoms with van der Waals surface area (Å²) in [6.45, 7) is 3.92. The molecule has 2 aliphatic heterocycles. The zero-order valence-corrected chi connectivity index (χ0v) is 20.0. The first kappa shape index (κ1) is 24.4. The molecule has 0 unspecified atom stereocenters. The number of hydrogen-bond acceptors (Lipinski definition) is 4. The first-order valence-electron chi connectivity index (χ1n) is 12.2. The van der Waals surface area contributed by atoms with Crippen molar-refractivity contribution >= 4 is 29.4 Å². The van der Waals surface area contributed by atoms with Crippen LogP contribution in [0.25, 0.3) is 0 Å². The molecule has 8 heteroatoms. The third kappa shape index (κ3) is 4.78. The molecule has 8 nitrogen and oxygen atoms in total. The Kier molecular flexibility index (Phi) is 7.19. The number of hydrogen-bond donors (Lipinski definition) is 3. The minimum Gasteiger partial charge on any atom is -0.480 e. The van der Waals surface area contributed by atoms with Gasteiger partial charge in [0, 0.05) is 12.0 Å². The van der Waals surface area contributed by atoms with Gasteiger partial charge in [-0.05, 0) is 42.0 Å². The third-order valence-corrected chi connectivity index (χ3v) is 7.13. The molecule has 0 spiro atoms. The van der Waals surface area contributed by atoms with Crippen LogP contribution in [0.4, 0.5) is 5.69 Å². The Morgan fingerprint density at radius 1 is 1.03 bits per heavy atom. The van der Waals surface area contributed by atoms with Crippen LogP contribution in [0, 0.1) is 5.92 Å². The van der Waals surface area contributed by atoms with Crippen molar-refractivity contribution in [2.75, 3.05) is 4.90 Å². The van der Waals surface area contributed by atoms with Crippen LogP contribution < -0.4 is 15.5 Å². The van der Waals surface area contributed by atoms with E-state index in [1.807, 2.05) is 38.1 Å². The van der Waals surface area contributed by atoms with Crippen molar-refractivity contribution in [3.8, 4) is 0 Å². The van der Waals surface area contributed by atoms with Crippen molar-refractivity contribution in [2.24, 2.45) is 5.92 Å². The molecule has 2 heterocycles. The fourth-order valence-electron chi connectivity index (χ4n) is 5.20. The molecule has 2 aromatic carbocycles. The number of carbonyl (C=O) groups is 4. The summed E-state index contributed by atoms with van der Waals surface area (Å²) < 4.78 is 0. The highest BCUT2D eigenvalue weighted by Crippen LogP contribution is 2.39. The van der Waals surface area contributed by atoms with Gasteiger partial charge in [-0.15, -0.1) is 0 Å². The van der Waals surface area contributed by atoms with Gasteiger partial charge in [0.25, 0.3) is 5.91 Å². The Morgan fingerprint density at radius 3 is 2.37 bits per heavy atom. The Labute approximate surface area is 204 Å². The molecule has 0 saturated carbocycles. The van der Waals surface area contributed by atoms with Crippen molar-refractivity contribution in [3.63, 3.8) is 0 Å². The second-order valence-electron chi connectivity index (χ2n) is 9.18. The summed E-state index contributed by atoms with van der Waals surface area (Å²) in [5, 5.41) is 15.5. The van der Waals surface area contributed by atoms with Crippen LogP contribution in [0.15, 0.2) is 48.5 Å². The van der Waals surface area contributed by atoms with Crippen LogP contribution in [0.1, 0.15) is 54.6 Å². The number of benzene rings is 2. The largest absolute Gasteiger partial charge is 0.480 e. The average molecular weight is 478 g/mol. The molecule has 2 aliphatic rings. The van der Waals surface area contributed by atoms with E-state index in [1.165, 1.54) is 4.90 Å². The summed E-state index contributed by atoms with van der Waals surface area (Å²) in [7, 11) is 0. The van der Waals surface area contributed by atoms with Crippen LogP contribution >= 0.6 is 0 Å². The van der Waals surface area contributed by atoms with Gasteiger partial charge >= 0.3 is 5.97 Å². The predicted molar refractivity (Wildman–Crippen MR) is 131 cm³/mol. The zero-order chi connectivity index (χ0) is 25.1. The standard InChI is InChI=1S/C27H31N3O5/c1-3-16(4-2)22(29-24(31)18-9-6-5-7-10-18)25(32)28-20-14-13-17-11-8-12-19-15-21(27(34)35)30(23(17)19)26(20)33/h5-12,16,20-22H,3-4,13-15H2,1-2H3,(H,28,32)(H,29,31)(H,34,35)/t20-,21-,22-/m0/s1. The van der Waals surface area contributed by atoms with Gasteiger partial charge in [0.15, 0.2) is 0 Å². The van der Waals surface area contributed by atoms with E-state index in [0.29, 0.717) is 36.9 Å². The minimum absolute atomic E-state index is 0.120.